The van der Waals surface area contributed by atoms with Gasteiger partial charge in [-0.25, -0.2) is 18.4 Å². The first-order valence-corrected chi connectivity index (χ1v) is 6.03. The first kappa shape index (κ1) is 15.9. The number of methoxy groups -OCH3 is 1. The first-order chi connectivity index (χ1) is 9.38. The van der Waals surface area contributed by atoms with Crippen LogP contribution in [0.25, 0.3) is 0 Å². The highest BCUT2D eigenvalue weighted by molar-refractivity contribution is 5.94. The second-order valence-electron chi connectivity index (χ2n) is 4.21. The van der Waals surface area contributed by atoms with E-state index in [1.165, 1.54) is 0 Å². The molecule has 1 atom stereocenters. The smallest absolute Gasteiger partial charge is 0.340 e. The molecule has 1 aromatic rings. The van der Waals surface area contributed by atoms with E-state index in [9.17, 15) is 18.4 Å². The molecule has 0 aromatic heterocycles. The minimum atomic E-state index is -1.05. The van der Waals surface area contributed by atoms with E-state index in [0.29, 0.717) is 12.5 Å². The van der Waals surface area contributed by atoms with E-state index < -0.39 is 29.2 Å². The van der Waals surface area contributed by atoms with Gasteiger partial charge in [0.1, 0.15) is 11.6 Å². The number of urea groups is 1. The molecule has 7 heteroatoms. The molecule has 0 radical (unpaired) electrons. The summed E-state index contributed by atoms with van der Waals surface area (Å²) in [6.45, 7) is 3.65. The number of nitrogens with one attached hydrogen (secondary N) is 2. The summed E-state index contributed by atoms with van der Waals surface area (Å²) < 4.78 is 31.3. The lowest BCUT2D eigenvalue weighted by Crippen LogP contribution is -2.35. The number of carbonyl (C=O) groups excluding carboxylic acids is 2. The fraction of sp³-hybridized carbons (Fsp3) is 0.385. The molecule has 5 nitrogen and oxygen atoms in total. The van der Waals surface area contributed by atoms with Crippen molar-refractivity contribution in [2.24, 2.45) is 0 Å². The van der Waals surface area contributed by atoms with Crippen LogP contribution in [0.5, 0.6) is 0 Å². The number of rotatable bonds is 4. The number of carbonyl (C=O) groups is 2. The van der Waals surface area contributed by atoms with Gasteiger partial charge in [-0.05, 0) is 19.4 Å². The summed E-state index contributed by atoms with van der Waals surface area (Å²) in [7, 11) is 1.08. The first-order valence-electron chi connectivity index (χ1n) is 6.03. The lowest BCUT2D eigenvalue weighted by Gasteiger charge is -2.13. The fourth-order valence-corrected chi connectivity index (χ4v) is 1.40. The minimum absolute atomic E-state index is 0.0985. The topological polar surface area (TPSA) is 67.4 Å². The number of esters is 1. The van der Waals surface area contributed by atoms with Crippen LogP contribution in [-0.2, 0) is 4.74 Å². The van der Waals surface area contributed by atoms with Crippen molar-refractivity contribution in [2.75, 3.05) is 12.4 Å². The van der Waals surface area contributed by atoms with Crippen LogP contribution in [-0.4, -0.2) is 25.2 Å². The van der Waals surface area contributed by atoms with E-state index in [2.05, 4.69) is 15.4 Å². The van der Waals surface area contributed by atoms with Gasteiger partial charge in [-0.15, -0.1) is 0 Å². The molecule has 0 heterocycles. The maximum Gasteiger partial charge on any atom is 0.340 e. The summed E-state index contributed by atoms with van der Waals surface area (Å²) in [5.41, 5.74) is -0.750. The molecule has 2 amide bonds. The van der Waals surface area contributed by atoms with Crippen LogP contribution in [0.1, 0.15) is 30.6 Å². The van der Waals surface area contributed by atoms with Gasteiger partial charge in [0.15, 0.2) is 0 Å². The van der Waals surface area contributed by atoms with E-state index in [4.69, 9.17) is 0 Å². The number of hydrogen-bond donors (Lipinski definition) is 2. The van der Waals surface area contributed by atoms with Crippen LogP contribution in [0, 0.1) is 11.6 Å². The Labute approximate surface area is 115 Å². The van der Waals surface area contributed by atoms with Crippen LogP contribution in [0.15, 0.2) is 12.1 Å². The molecule has 0 aliphatic carbocycles. The highest BCUT2D eigenvalue weighted by atomic mass is 19.1. The summed E-state index contributed by atoms with van der Waals surface area (Å²) in [4.78, 5) is 22.9. The quantitative estimate of drug-likeness (QED) is 0.836. The van der Waals surface area contributed by atoms with Crippen LogP contribution in [0.2, 0.25) is 0 Å². The summed E-state index contributed by atoms with van der Waals surface area (Å²) in [5, 5.41) is 4.78. The van der Waals surface area contributed by atoms with Gasteiger partial charge in [-0.1, -0.05) is 6.92 Å². The van der Waals surface area contributed by atoms with Crippen LogP contribution >= 0.6 is 0 Å². The van der Waals surface area contributed by atoms with E-state index in [0.717, 1.165) is 13.2 Å². The molecule has 0 spiro atoms. The Morgan fingerprint density at radius 1 is 1.30 bits per heavy atom. The summed E-state index contributed by atoms with van der Waals surface area (Å²) >= 11 is 0. The molecule has 0 saturated carbocycles. The fourth-order valence-electron chi connectivity index (χ4n) is 1.40. The van der Waals surface area contributed by atoms with Gasteiger partial charge >= 0.3 is 12.0 Å². The summed E-state index contributed by atoms with van der Waals surface area (Å²) in [6.07, 6.45) is 0.701. The third-order valence-electron chi connectivity index (χ3n) is 2.70. The molecule has 110 valence electrons. The number of hydrogen-bond acceptors (Lipinski definition) is 3. The molecule has 0 bridgehead atoms. The van der Waals surface area contributed by atoms with E-state index in [1.54, 1.807) is 6.92 Å². The number of ether oxygens (including phenoxy) is 1. The monoisotopic (exact) mass is 286 g/mol. The highest BCUT2D eigenvalue weighted by Crippen LogP contribution is 2.20. The Bertz CT molecular complexity index is 521. The molecular weight excluding hydrogens is 270 g/mol. The average Bonchev–Trinajstić information content (AvgIpc) is 2.40. The van der Waals surface area contributed by atoms with E-state index in [-0.39, 0.29) is 11.7 Å². The Hall–Kier alpha value is -2.18. The van der Waals surface area contributed by atoms with Crippen molar-refractivity contribution in [3.63, 3.8) is 0 Å². The number of benzene rings is 1. The van der Waals surface area contributed by atoms with Crippen molar-refractivity contribution in [1.82, 2.24) is 5.32 Å². The lowest BCUT2D eigenvalue weighted by molar-refractivity contribution is 0.0595. The van der Waals surface area contributed by atoms with Crippen molar-refractivity contribution in [1.29, 1.82) is 0 Å². The van der Waals surface area contributed by atoms with Crippen LogP contribution in [0.3, 0.4) is 0 Å². The van der Waals surface area contributed by atoms with Crippen molar-refractivity contribution in [2.45, 2.75) is 26.3 Å². The largest absolute Gasteiger partial charge is 0.465 e. The summed E-state index contributed by atoms with van der Waals surface area (Å²) in [6, 6.07) is 0.678. The molecule has 0 unspecified atom stereocenters. The minimum Gasteiger partial charge on any atom is -0.465 e. The van der Waals surface area contributed by atoms with Crippen molar-refractivity contribution < 1.29 is 23.1 Å². The standard InChI is InChI=1S/C13H16F2N2O3/c1-4-7(2)16-13(19)17-11-5-8(12(18)20-3)9(14)6-10(11)15/h5-7H,4H2,1-3H3,(H2,16,17,19)/t7-/m1/s1. The Morgan fingerprint density at radius 2 is 1.95 bits per heavy atom. The normalized spacial score (nSPS) is 11.7. The van der Waals surface area contributed by atoms with Gasteiger partial charge in [-0.3, -0.25) is 0 Å². The van der Waals surface area contributed by atoms with Gasteiger partial charge in [-0.2, -0.15) is 0 Å². The molecule has 0 saturated heterocycles. The number of halogens is 2. The van der Waals surface area contributed by atoms with Gasteiger partial charge in [0, 0.05) is 12.1 Å². The second kappa shape index (κ2) is 6.83. The zero-order valence-corrected chi connectivity index (χ0v) is 11.4. The average molecular weight is 286 g/mol. The Balaban J connectivity index is 2.95. The van der Waals surface area contributed by atoms with Gasteiger partial charge in [0.25, 0.3) is 0 Å². The SMILES string of the molecule is CC[C@@H](C)NC(=O)Nc1cc(C(=O)OC)c(F)cc1F. The van der Waals surface area contributed by atoms with Crippen molar-refractivity contribution in [3.8, 4) is 0 Å². The highest BCUT2D eigenvalue weighted by Gasteiger charge is 2.18. The third kappa shape index (κ3) is 3.91. The molecule has 2 N–H and O–H groups in total. The Morgan fingerprint density at radius 3 is 2.50 bits per heavy atom. The number of anilines is 1. The predicted octanol–water partition coefficient (Wildman–Crippen LogP) is 2.67. The number of amides is 2. The molecule has 0 aliphatic rings. The molecule has 0 aliphatic heterocycles. The maximum atomic E-state index is 13.5. The van der Waals surface area contributed by atoms with Gasteiger partial charge in [0.2, 0.25) is 0 Å². The molecular formula is C13H16F2N2O3. The molecule has 1 rings (SSSR count). The van der Waals surface area contributed by atoms with Gasteiger partial charge < -0.3 is 15.4 Å². The van der Waals surface area contributed by atoms with Crippen molar-refractivity contribution in [3.05, 3.63) is 29.3 Å². The zero-order valence-electron chi connectivity index (χ0n) is 11.4. The molecule has 20 heavy (non-hydrogen) atoms. The lowest BCUT2D eigenvalue weighted by atomic mass is 10.2. The third-order valence-corrected chi connectivity index (χ3v) is 2.70. The zero-order chi connectivity index (χ0) is 15.3. The molecule has 0 fully saturated rings. The Kier molecular flexibility index (Phi) is 5.42. The van der Waals surface area contributed by atoms with Crippen molar-refractivity contribution >= 4 is 17.7 Å². The predicted molar refractivity (Wildman–Crippen MR) is 69.6 cm³/mol. The molecule has 1 aromatic carbocycles. The summed E-state index contributed by atoms with van der Waals surface area (Å²) in [5.74, 6) is -2.98. The maximum absolute atomic E-state index is 13.5. The van der Waals surface area contributed by atoms with Crippen LogP contribution in [0.4, 0.5) is 19.3 Å². The van der Waals surface area contributed by atoms with E-state index in [1.807, 2.05) is 6.92 Å². The van der Waals surface area contributed by atoms with Gasteiger partial charge in [0.05, 0.1) is 18.4 Å². The second-order valence-corrected chi connectivity index (χ2v) is 4.21. The van der Waals surface area contributed by atoms with E-state index >= 15 is 0 Å². The van der Waals surface area contributed by atoms with Crippen LogP contribution < -0.4 is 10.6 Å².